The first-order valence-electron chi connectivity index (χ1n) is 7.95. The van der Waals surface area contributed by atoms with E-state index in [1.165, 1.54) is 0 Å². The third-order valence-electron chi connectivity index (χ3n) is 4.95. The van der Waals surface area contributed by atoms with Crippen molar-refractivity contribution < 1.29 is 9.53 Å². The highest BCUT2D eigenvalue weighted by atomic mass is 16.5. The molecule has 0 N–H and O–H groups in total. The number of rotatable bonds is 3. The number of hydrogen-bond acceptors (Lipinski definition) is 5. The molecular weight excluding hydrogens is 294 g/mol. The minimum Gasteiger partial charge on any atom is -0.480 e. The maximum atomic E-state index is 13.0. The van der Waals surface area contributed by atoms with E-state index in [0.29, 0.717) is 17.5 Å². The van der Waals surface area contributed by atoms with E-state index in [0.717, 1.165) is 25.7 Å². The fourth-order valence-corrected chi connectivity index (χ4v) is 3.96. The summed E-state index contributed by atoms with van der Waals surface area (Å²) in [6.07, 6.45) is 9.20. The van der Waals surface area contributed by atoms with Crippen LogP contribution < -0.4 is 4.74 Å². The molecule has 7 heteroatoms. The number of ether oxygens (including phenoxy) is 1. The predicted octanol–water partition coefficient (Wildman–Crippen LogP) is 1.69. The molecule has 0 radical (unpaired) electrons. The van der Waals surface area contributed by atoms with E-state index in [1.807, 2.05) is 15.8 Å². The monoisotopic (exact) mass is 313 g/mol. The van der Waals surface area contributed by atoms with Crippen molar-refractivity contribution in [3.05, 3.63) is 36.3 Å². The van der Waals surface area contributed by atoms with Crippen molar-refractivity contribution in [2.45, 2.75) is 43.8 Å². The zero-order valence-electron chi connectivity index (χ0n) is 13.0. The molecule has 0 aromatic carbocycles. The van der Waals surface area contributed by atoms with Gasteiger partial charge in [-0.25, -0.2) is 9.67 Å². The molecule has 2 fully saturated rings. The Bertz CT molecular complexity index is 688. The van der Waals surface area contributed by atoms with Gasteiger partial charge in [-0.1, -0.05) is 5.21 Å². The molecule has 2 saturated heterocycles. The maximum Gasteiger partial charge on any atom is 0.259 e. The predicted molar refractivity (Wildman–Crippen MR) is 82.1 cm³/mol. The van der Waals surface area contributed by atoms with E-state index in [2.05, 4.69) is 15.3 Å². The first-order chi connectivity index (χ1) is 11.3. The lowest BCUT2D eigenvalue weighted by molar-refractivity contribution is 0.0519. The number of pyridine rings is 1. The van der Waals surface area contributed by atoms with Crippen molar-refractivity contribution in [1.29, 1.82) is 0 Å². The minimum absolute atomic E-state index is 0.0273. The summed E-state index contributed by atoms with van der Waals surface area (Å²) in [4.78, 5) is 19.2. The number of methoxy groups -OCH3 is 1. The van der Waals surface area contributed by atoms with Crippen LogP contribution in [0.4, 0.5) is 0 Å². The van der Waals surface area contributed by atoms with E-state index < -0.39 is 0 Å². The van der Waals surface area contributed by atoms with Crippen molar-refractivity contribution in [3.8, 4) is 5.88 Å². The number of nitrogens with zero attached hydrogens (tertiary/aromatic N) is 5. The molecule has 0 saturated carbocycles. The fraction of sp³-hybridized carbons (Fsp3) is 0.500. The van der Waals surface area contributed by atoms with Gasteiger partial charge in [0, 0.05) is 24.5 Å². The van der Waals surface area contributed by atoms with Gasteiger partial charge in [0.15, 0.2) is 0 Å². The van der Waals surface area contributed by atoms with Crippen molar-refractivity contribution in [1.82, 2.24) is 24.9 Å². The smallest absolute Gasteiger partial charge is 0.259 e. The largest absolute Gasteiger partial charge is 0.480 e. The van der Waals surface area contributed by atoms with Crippen molar-refractivity contribution in [2.75, 3.05) is 7.11 Å². The third-order valence-corrected chi connectivity index (χ3v) is 4.95. The van der Waals surface area contributed by atoms with Gasteiger partial charge in [-0.15, -0.1) is 5.10 Å². The van der Waals surface area contributed by atoms with Gasteiger partial charge in [0.25, 0.3) is 5.91 Å². The summed E-state index contributed by atoms with van der Waals surface area (Å²) in [5.74, 6) is 0.426. The van der Waals surface area contributed by atoms with Crippen LogP contribution in [0.3, 0.4) is 0 Å². The summed E-state index contributed by atoms with van der Waals surface area (Å²) in [7, 11) is 1.55. The van der Waals surface area contributed by atoms with Crippen LogP contribution >= 0.6 is 0 Å². The number of fused-ring (bicyclic) bond motifs is 2. The maximum absolute atomic E-state index is 13.0. The number of piperidine rings is 1. The Morgan fingerprint density at radius 3 is 2.65 bits per heavy atom. The van der Waals surface area contributed by atoms with Gasteiger partial charge in [0.1, 0.15) is 5.56 Å². The molecule has 7 nitrogen and oxygen atoms in total. The second-order valence-corrected chi connectivity index (χ2v) is 6.17. The average molecular weight is 313 g/mol. The van der Waals surface area contributed by atoms with Crippen LogP contribution in [-0.2, 0) is 0 Å². The summed E-state index contributed by atoms with van der Waals surface area (Å²) in [5.41, 5.74) is 0.547. The highest BCUT2D eigenvalue weighted by molar-refractivity contribution is 5.97. The molecule has 2 unspecified atom stereocenters. The summed E-state index contributed by atoms with van der Waals surface area (Å²) >= 11 is 0. The van der Waals surface area contributed by atoms with Gasteiger partial charge in [-0.3, -0.25) is 4.79 Å². The van der Waals surface area contributed by atoms with E-state index >= 15 is 0 Å². The molecule has 23 heavy (non-hydrogen) atoms. The topological polar surface area (TPSA) is 73.1 Å². The molecule has 0 spiro atoms. The molecule has 1 amide bonds. The number of hydrogen-bond donors (Lipinski definition) is 0. The first-order valence-corrected chi connectivity index (χ1v) is 7.95. The summed E-state index contributed by atoms with van der Waals surface area (Å²) in [5, 5.41) is 8.03. The standard InChI is InChI=1S/C16H19N5O2/c1-23-15-14(3-2-6-17-15)16(22)21-11-4-5-12(21)10-13(9-11)20-8-7-18-19-20/h2-3,6-8,11-13H,4-5,9-10H2,1H3. The Kier molecular flexibility index (Phi) is 3.48. The molecule has 0 aliphatic carbocycles. The molecule has 2 atom stereocenters. The van der Waals surface area contributed by atoms with Crippen LogP contribution in [0.5, 0.6) is 5.88 Å². The van der Waals surface area contributed by atoms with Crippen molar-refractivity contribution >= 4 is 5.91 Å². The van der Waals surface area contributed by atoms with Gasteiger partial charge < -0.3 is 9.64 Å². The summed E-state index contributed by atoms with van der Waals surface area (Å²) < 4.78 is 7.18. The molecule has 2 aliphatic heterocycles. The van der Waals surface area contributed by atoms with Crippen LogP contribution in [0, 0.1) is 0 Å². The molecular formula is C16H19N5O2. The van der Waals surface area contributed by atoms with Crippen LogP contribution in [0.25, 0.3) is 0 Å². The molecule has 4 heterocycles. The number of carbonyl (C=O) groups excluding carboxylic acids is 1. The van der Waals surface area contributed by atoms with Crippen LogP contribution in [0.2, 0.25) is 0 Å². The molecule has 2 aromatic heterocycles. The quantitative estimate of drug-likeness (QED) is 0.862. The Labute approximate surface area is 134 Å². The molecule has 2 bridgehead atoms. The lowest BCUT2D eigenvalue weighted by atomic mass is 9.96. The number of carbonyl (C=O) groups is 1. The average Bonchev–Trinajstić information content (AvgIpc) is 3.21. The zero-order valence-corrected chi connectivity index (χ0v) is 13.0. The van der Waals surface area contributed by atoms with Crippen LogP contribution in [0.15, 0.2) is 30.7 Å². The SMILES string of the molecule is COc1ncccc1C(=O)N1C2CCC1CC(n1ccnn1)C2. The van der Waals surface area contributed by atoms with Crippen molar-refractivity contribution in [3.63, 3.8) is 0 Å². The van der Waals surface area contributed by atoms with Crippen LogP contribution in [-0.4, -0.2) is 50.0 Å². The Morgan fingerprint density at radius 2 is 2.00 bits per heavy atom. The normalized spacial score (nSPS) is 26.3. The van der Waals surface area contributed by atoms with Gasteiger partial charge in [-0.05, 0) is 37.8 Å². The van der Waals surface area contributed by atoms with Gasteiger partial charge in [0.2, 0.25) is 5.88 Å². The van der Waals surface area contributed by atoms with Crippen LogP contribution in [0.1, 0.15) is 42.1 Å². The lowest BCUT2D eigenvalue weighted by Gasteiger charge is -2.39. The second kappa shape index (κ2) is 5.64. The molecule has 2 aliphatic rings. The molecule has 2 aromatic rings. The first kappa shape index (κ1) is 14.2. The lowest BCUT2D eigenvalue weighted by Crippen LogP contribution is -2.47. The number of aromatic nitrogens is 4. The van der Waals surface area contributed by atoms with Gasteiger partial charge >= 0.3 is 0 Å². The van der Waals surface area contributed by atoms with E-state index in [1.54, 1.807) is 31.6 Å². The number of amides is 1. The Morgan fingerprint density at radius 1 is 1.22 bits per heavy atom. The van der Waals surface area contributed by atoms with E-state index in [-0.39, 0.29) is 18.0 Å². The molecule has 120 valence electrons. The second-order valence-electron chi connectivity index (χ2n) is 6.17. The zero-order chi connectivity index (χ0) is 15.8. The highest BCUT2D eigenvalue weighted by Gasteiger charge is 2.44. The summed E-state index contributed by atoms with van der Waals surface area (Å²) in [6, 6.07) is 4.40. The van der Waals surface area contributed by atoms with Gasteiger partial charge in [0.05, 0.1) is 19.3 Å². The molecule has 4 rings (SSSR count). The Hall–Kier alpha value is -2.44. The van der Waals surface area contributed by atoms with E-state index in [4.69, 9.17) is 4.74 Å². The van der Waals surface area contributed by atoms with Gasteiger partial charge in [-0.2, -0.15) is 0 Å². The van der Waals surface area contributed by atoms with E-state index in [9.17, 15) is 4.79 Å². The Balaban J connectivity index is 1.58. The van der Waals surface area contributed by atoms with Crippen molar-refractivity contribution in [2.24, 2.45) is 0 Å². The highest BCUT2D eigenvalue weighted by Crippen LogP contribution is 2.41. The third kappa shape index (κ3) is 2.36. The minimum atomic E-state index is 0.0273. The summed E-state index contributed by atoms with van der Waals surface area (Å²) in [6.45, 7) is 0. The fourth-order valence-electron chi connectivity index (χ4n) is 3.96.